The Kier molecular flexibility index (Phi) is 3.63. The van der Waals surface area contributed by atoms with Gasteiger partial charge in [-0.15, -0.1) is 5.10 Å². The maximum Gasteiger partial charge on any atom is 0.151 e. The molecule has 2 aromatic rings. The fourth-order valence-electron chi connectivity index (χ4n) is 2.34. The first-order valence-electron chi connectivity index (χ1n) is 7.34. The van der Waals surface area contributed by atoms with Crippen LogP contribution in [-0.2, 0) is 19.6 Å². The maximum atomic E-state index is 4.37. The molecule has 0 aliphatic carbocycles. The number of aromatic nitrogens is 4. The van der Waals surface area contributed by atoms with Crippen LogP contribution >= 0.6 is 0 Å². The third-order valence-corrected chi connectivity index (χ3v) is 3.57. The summed E-state index contributed by atoms with van der Waals surface area (Å²) in [6, 6.07) is 4.09. The zero-order chi connectivity index (χ0) is 14.9. The maximum absolute atomic E-state index is 4.37. The van der Waals surface area contributed by atoms with Crippen molar-refractivity contribution in [3.05, 3.63) is 36.0 Å². The molecule has 1 aliphatic rings. The van der Waals surface area contributed by atoms with Crippen molar-refractivity contribution in [2.75, 3.05) is 11.4 Å². The average molecular weight is 286 g/mol. The molecule has 3 heterocycles. The molecule has 0 saturated heterocycles. The average Bonchev–Trinajstić information content (AvgIpc) is 2.92. The lowest BCUT2D eigenvalue weighted by Crippen LogP contribution is -2.36. The Balaban J connectivity index is 1.65. The third kappa shape index (κ3) is 3.39. The van der Waals surface area contributed by atoms with E-state index in [2.05, 4.69) is 50.7 Å². The Bertz CT molecular complexity index is 595. The van der Waals surface area contributed by atoms with Crippen LogP contribution in [0, 0.1) is 0 Å². The van der Waals surface area contributed by atoms with E-state index in [1.54, 1.807) is 0 Å². The van der Waals surface area contributed by atoms with Crippen molar-refractivity contribution in [1.29, 1.82) is 0 Å². The molecule has 0 amide bonds. The number of hydrogen-bond acceptors (Lipinski definition) is 5. The molecule has 6 nitrogen and oxygen atoms in total. The number of rotatable bonds is 3. The Hall–Kier alpha value is -1.95. The van der Waals surface area contributed by atoms with Gasteiger partial charge >= 0.3 is 0 Å². The second kappa shape index (κ2) is 5.44. The largest absolute Gasteiger partial charge is 0.346 e. The van der Waals surface area contributed by atoms with Crippen LogP contribution in [0.4, 0.5) is 5.82 Å². The molecule has 112 valence electrons. The van der Waals surface area contributed by atoms with E-state index in [1.807, 2.05) is 24.5 Å². The van der Waals surface area contributed by atoms with Crippen LogP contribution in [0.15, 0.2) is 24.5 Å². The molecule has 0 spiro atoms. The van der Waals surface area contributed by atoms with E-state index in [9.17, 15) is 0 Å². The second-order valence-corrected chi connectivity index (χ2v) is 6.44. The summed E-state index contributed by atoms with van der Waals surface area (Å²) < 4.78 is 2.19. The molecule has 0 bridgehead atoms. The van der Waals surface area contributed by atoms with Gasteiger partial charge in [0.05, 0.1) is 12.2 Å². The minimum absolute atomic E-state index is 0.0876. The molecule has 0 saturated carbocycles. The standard InChI is InChI=1S/C15H22N6/c1-15(2,3)17-10-12-4-5-13(19-18-12)21-9-8-20-7-6-16-14(20)11-21/h4-7,17H,8-11H2,1-3H3. The highest BCUT2D eigenvalue weighted by Crippen LogP contribution is 2.17. The molecular formula is C15H22N6. The molecule has 6 heteroatoms. The summed E-state index contributed by atoms with van der Waals surface area (Å²) in [5.41, 5.74) is 1.05. The minimum Gasteiger partial charge on any atom is -0.346 e. The number of hydrogen-bond donors (Lipinski definition) is 1. The summed E-state index contributed by atoms with van der Waals surface area (Å²) in [7, 11) is 0. The number of nitrogens with one attached hydrogen (secondary N) is 1. The molecule has 1 N–H and O–H groups in total. The highest BCUT2D eigenvalue weighted by molar-refractivity contribution is 5.38. The summed E-state index contributed by atoms with van der Waals surface area (Å²) in [4.78, 5) is 6.59. The van der Waals surface area contributed by atoms with Gasteiger partial charge < -0.3 is 14.8 Å². The van der Waals surface area contributed by atoms with Gasteiger partial charge in [0.2, 0.25) is 0 Å². The van der Waals surface area contributed by atoms with Crippen molar-refractivity contribution < 1.29 is 0 Å². The van der Waals surface area contributed by atoms with Crippen molar-refractivity contribution in [3.8, 4) is 0 Å². The van der Waals surface area contributed by atoms with Gasteiger partial charge in [0, 0.05) is 37.6 Å². The summed E-state index contributed by atoms with van der Waals surface area (Å²) in [6.07, 6.45) is 3.88. The van der Waals surface area contributed by atoms with Gasteiger partial charge in [-0.05, 0) is 32.9 Å². The van der Waals surface area contributed by atoms with Gasteiger partial charge in [0.25, 0.3) is 0 Å². The van der Waals surface area contributed by atoms with Crippen LogP contribution in [0.2, 0.25) is 0 Å². The first-order chi connectivity index (χ1) is 10.0. The first kappa shape index (κ1) is 14.0. The van der Waals surface area contributed by atoms with Crippen molar-refractivity contribution in [2.45, 2.75) is 45.9 Å². The molecule has 0 atom stereocenters. The number of anilines is 1. The van der Waals surface area contributed by atoms with E-state index in [-0.39, 0.29) is 5.54 Å². The van der Waals surface area contributed by atoms with Crippen LogP contribution in [0.3, 0.4) is 0 Å². The predicted octanol–water partition coefficient (Wildman–Crippen LogP) is 1.58. The van der Waals surface area contributed by atoms with E-state index in [0.29, 0.717) is 0 Å². The van der Waals surface area contributed by atoms with E-state index in [0.717, 1.165) is 43.5 Å². The lowest BCUT2D eigenvalue weighted by Gasteiger charge is -2.28. The van der Waals surface area contributed by atoms with Crippen molar-refractivity contribution in [3.63, 3.8) is 0 Å². The number of fused-ring (bicyclic) bond motifs is 1. The number of nitrogens with zero attached hydrogens (tertiary/aromatic N) is 5. The molecule has 0 radical (unpaired) electrons. The molecular weight excluding hydrogens is 264 g/mol. The quantitative estimate of drug-likeness (QED) is 0.928. The first-order valence-corrected chi connectivity index (χ1v) is 7.34. The zero-order valence-corrected chi connectivity index (χ0v) is 12.9. The van der Waals surface area contributed by atoms with Gasteiger partial charge in [0.15, 0.2) is 5.82 Å². The van der Waals surface area contributed by atoms with E-state index >= 15 is 0 Å². The molecule has 1 aliphatic heterocycles. The SMILES string of the molecule is CC(C)(C)NCc1ccc(N2CCn3ccnc3C2)nn1. The molecule has 0 fully saturated rings. The lowest BCUT2D eigenvalue weighted by molar-refractivity contribution is 0.420. The van der Waals surface area contributed by atoms with Crippen molar-refractivity contribution >= 4 is 5.82 Å². The number of imidazole rings is 1. The molecule has 0 aromatic carbocycles. The highest BCUT2D eigenvalue weighted by atomic mass is 15.3. The second-order valence-electron chi connectivity index (χ2n) is 6.44. The van der Waals surface area contributed by atoms with Gasteiger partial charge in [0.1, 0.15) is 5.82 Å². The topological polar surface area (TPSA) is 58.9 Å². The minimum atomic E-state index is 0.0876. The molecule has 2 aromatic heterocycles. The van der Waals surface area contributed by atoms with Gasteiger partial charge in [-0.1, -0.05) is 0 Å². The van der Waals surface area contributed by atoms with Crippen LogP contribution in [0.1, 0.15) is 32.3 Å². The summed E-state index contributed by atoms with van der Waals surface area (Å²) >= 11 is 0. The van der Waals surface area contributed by atoms with Gasteiger partial charge in [-0.25, -0.2) is 4.98 Å². The Morgan fingerprint density at radius 1 is 1.19 bits per heavy atom. The van der Waals surface area contributed by atoms with E-state index in [4.69, 9.17) is 0 Å². The van der Waals surface area contributed by atoms with Crippen molar-refractivity contribution in [1.82, 2.24) is 25.1 Å². The smallest absolute Gasteiger partial charge is 0.151 e. The Labute approximate surface area is 125 Å². The monoisotopic (exact) mass is 286 g/mol. The van der Waals surface area contributed by atoms with Gasteiger partial charge in [-0.2, -0.15) is 5.10 Å². The Morgan fingerprint density at radius 2 is 2.05 bits per heavy atom. The van der Waals surface area contributed by atoms with Crippen LogP contribution < -0.4 is 10.2 Å². The van der Waals surface area contributed by atoms with E-state index < -0.39 is 0 Å². The summed E-state index contributed by atoms with van der Waals surface area (Å²) in [5.74, 6) is 2.00. The van der Waals surface area contributed by atoms with Crippen LogP contribution in [0.5, 0.6) is 0 Å². The fraction of sp³-hybridized carbons (Fsp3) is 0.533. The summed E-state index contributed by atoms with van der Waals surface area (Å²) in [5, 5.41) is 12.1. The van der Waals surface area contributed by atoms with E-state index in [1.165, 1.54) is 0 Å². The van der Waals surface area contributed by atoms with Crippen LogP contribution in [0.25, 0.3) is 0 Å². The summed E-state index contributed by atoms with van der Waals surface area (Å²) in [6.45, 7) is 9.85. The lowest BCUT2D eigenvalue weighted by atomic mass is 10.1. The van der Waals surface area contributed by atoms with Crippen molar-refractivity contribution in [2.24, 2.45) is 0 Å². The molecule has 21 heavy (non-hydrogen) atoms. The molecule has 3 rings (SSSR count). The Morgan fingerprint density at radius 3 is 2.76 bits per heavy atom. The zero-order valence-electron chi connectivity index (χ0n) is 12.9. The van der Waals surface area contributed by atoms with Gasteiger partial charge in [-0.3, -0.25) is 0 Å². The highest BCUT2D eigenvalue weighted by Gasteiger charge is 2.18. The molecule has 0 unspecified atom stereocenters. The fourth-order valence-corrected chi connectivity index (χ4v) is 2.34. The predicted molar refractivity (Wildman–Crippen MR) is 81.9 cm³/mol. The van der Waals surface area contributed by atoms with Crippen LogP contribution in [-0.4, -0.2) is 31.8 Å². The third-order valence-electron chi connectivity index (χ3n) is 3.57. The normalized spacial score (nSPS) is 15.1.